The highest BCUT2D eigenvalue weighted by Gasteiger charge is 2.32. The van der Waals surface area contributed by atoms with Gasteiger partial charge in [-0.05, 0) is 44.5 Å². The maximum absolute atomic E-state index is 12.3. The van der Waals surface area contributed by atoms with Gasteiger partial charge in [0.2, 0.25) is 0 Å². The highest BCUT2D eigenvalue weighted by atomic mass is 19.4. The van der Waals surface area contributed by atoms with E-state index in [2.05, 4.69) is 10.1 Å². The SMILES string of the molecule is CC(C)(C)OC(=O)NCC(O)C(O)c1cc(C=O)cc(OC(F)(F)F)c1. The molecule has 1 amide bonds. The average Bonchev–Trinajstić information content (AvgIpc) is 2.48. The van der Waals surface area contributed by atoms with Gasteiger partial charge in [0.25, 0.3) is 0 Å². The van der Waals surface area contributed by atoms with E-state index < -0.39 is 42.6 Å². The van der Waals surface area contributed by atoms with Gasteiger partial charge >= 0.3 is 12.5 Å². The second-order valence-electron chi connectivity index (χ2n) is 6.40. The van der Waals surface area contributed by atoms with E-state index in [9.17, 15) is 33.0 Å². The molecule has 0 spiro atoms. The maximum Gasteiger partial charge on any atom is 0.573 e. The second-order valence-corrected chi connectivity index (χ2v) is 6.40. The largest absolute Gasteiger partial charge is 0.573 e. The fourth-order valence-corrected chi connectivity index (χ4v) is 1.91. The van der Waals surface area contributed by atoms with Gasteiger partial charge in [-0.3, -0.25) is 4.79 Å². The smallest absolute Gasteiger partial charge is 0.444 e. The van der Waals surface area contributed by atoms with Crippen LogP contribution >= 0.6 is 0 Å². The Morgan fingerprint density at radius 1 is 1.23 bits per heavy atom. The van der Waals surface area contributed by atoms with Crippen LogP contribution in [0.1, 0.15) is 42.8 Å². The Labute approximate surface area is 147 Å². The summed E-state index contributed by atoms with van der Waals surface area (Å²) in [7, 11) is 0. The molecule has 0 heterocycles. The molecule has 0 saturated carbocycles. The molecule has 0 bridgehead atoms. The molecule has 0 aromatic heterocycles. The fraction of sp³-hybridized carbons (Fsp3) is 0.500. The zero-order valence-electron chi connectivity index (χ0n) is 14.3. The molecule has 7 nitrogen and oxygen atoms in total. The molecule has 1 aromatic carbocycles. The monoisotopic (exact) mass is 379 g/mol. The van der Waals surface area contributed by atoms with Gasteiger partial charge in [0.05, 0.1) is 0 Å². The summed E-state index contributed by atoms with van der Waals surface area (Å²) in [5.41, 5.74) is -1.14. The highest BCUT2D eigenvalue weighted by molar-refractivity contribution is 5.76. The molecule has 1 rings (SSSR count). The van der Waals surface area contributed by atoms with Crippen molar-refractivity contribution in [2.24, 2.45) is 0 Å². The lowest BCUT2D eigenvalue weighted by molar-refractivity contribution is -0.274. The minimum atomic E-state index is -4.99. The Morgan fingerprint density at radius 2 is 1.85 bits per heavy atom. The lowest BCUT2D eigenvalue weighted by Crippen LogP contribution is -2.38. The molecule has 1 aromatic rings. The van der Waals surface area contributed by atoms with Gasteiger partial charge in [0.15, 0.2) is 0 Å². The van der Waals surface area contributed by atoms with Crippen LogP contribution in [0.25, 0.3) is 0 Å². The Bertz CT molecular complexity index is 642. The number of aldehydes is 1. The lowest BCUT2D eigenvalue weighted by Gasteiger charge is -2.22. The molecule has 0 fully saturated rings. The summed E-state index contributed by atoms with van der Waals surface area (Å²) in [4.78, 5) is 22.4. The second kappa shape index (κ2) is 8.37. The number of hydrogen-bond donors (Lipinski definition) is 3. The van der Waals surface area contributed by atoms with Gasteiger partial charge in [0.1, 0.15) is 29.8 Å². The molecule has 0 aliphatic heterocycles. The number of amides is 1. The van der Waals surface area contributed by atoms with Crippen LogP contribution in [0.4, 0.5) is 18.0 Å². The zero-order valence-corrected chi connectivity index (χ0v) is 14.3. The third-order valence-corrected chi connectivity index (χ3v) is 2.88. The fourth-order valence-electron chi connectivity index (χ4n) is 1.91. The van der Waals surface area contributed by atoms with Gasteiger partial charge in [-0.25, -0.2) is 4.79 Å². The van der Waals surface area contributed by atoms with E-state index in [1.807, 2.05) is 0 Å². The number of nitrogens with one attached hydrogen (secondary N) is 1. The Balaban J connectivity index is 2.84. The van der Waals surface area contributed by atoms with E-state index in [4.69, 9.17) is 4.74 Å². The van der Waals surface area contributed by atoms with Gasteiger partial charge in [-0.15, -0.1) is 13.2 Å². The van der Waals surface area contributed by atoms with Crippen molar-refractivity contribution in [2.45, 2.75) is 44.9 Å². The predicted molar refractivity (Wildman–Crippen MR) is 83.7 cm³/mol. The van der Waals surface area contributed by atoms with Gasteiger partial charge in [-0.2, -0.15) is 0 Å². The Hall–Kier alpha value is -2.33. The lowest BCUT2D eigenvalue weighted by atomic mass is 10.0. The molecular formula is C16H20F3NO6. The molecule has 0 radical (unpaired) electrons. The van der Waals surface area contributed by atoms with Gasteiger partial charge < -0.3 is 25.0 Å². The summed E-state index contributed by atoms with van der Waals surface area (Å²) in [5, 5.41) is 22.2. The Morgan fingerprint density at radius 3 is 2.35 bits per heavy atom. The van der Waals surface area contributed by atoms with E-state index >= 15 is 0 Å². The summed E-state index contributed by atoms with van der Waals surface area (Å²) < 4.78 is 45.7. The van der Waals surface area contributed by atoms with Gasteiger partial charge in [-0.1, -0.05) is 0 Å². The quantitative estimate of drug-likeness (QED) is 0.655. The minimum Gasteiger partial charge on any atom is -0.444 e. The third kappa shape index (κ3) is 7.70. The molecular weight excluding hydrogens is 359 g/mol. The molecule has 2 unspecified atom stereocenters. The van der Waals surface area contributed by atoms with Crippen molar-refractivity contribution in [3.8, 4) is 5.75 Å². The first-order valence-electron chi connectivity index (χ1n) is 7.49. The van der Waals surface area contributed by atoms with Crippen LogP contribution in [0.2, 0.25) is 0 Å². The van der Waals surface area contributed by atoms with Gasteiger partial charge in [0, 0.05) is 12.1 Å². The molecule has 2 atom stereocenters. The van der Waals surface area contributed by atoms with E-state index in [1.54, 1.807) is 20.8 Å². The van der Waals surface area contributed by atoms with Crippen LogP contribution in [0.15, 0.2) is 18.2 Å². The topological polar surface area (TPSA) is 105 Å². The van der Waals surface area contributed by atoms with Crippen molar-refractivity contribution in [3.05, 3.63) is 29.3 Å². The summed E-state index contributed by atoms with van der Waals surface area (Å²) in [6.45, 7) is 4.46. The number of aliphatic hydroxyl groups is 2. The number of hydrogen-bond acceptors (Lipinski definition) is 6. The van der Waals surface area contributed by atoms with E-state index in [1.165, 1.54) is 0 Å². The molecule has 3 N–H and O–H groups in total. The standard InChI is InChI=1S/C16H20F3NO6/c1-15(2,3)26-14(24)20-7-12(22)13(23)10-4-9(8-21)5-11(6-10)25-16(17,18)19/h4-6,8,12-13,22-23H,7H2,1-3H3,(H,20,24). The van der Waals surface area contributed by atoms with E-state index in [0.29, 0.717) is 0 Å². The van der Waals surface area contributed by atoms with Crippen molar-refractivity contribution < 1.29 is 42.4 Å². The summed E-state index contributed by atoms with van der Waals surface area (Å²) in [6, 6.07) is 2.77. The van der Waals surface area contributed by atoms with Crippen molar-refractivity contribution in [1.29, 1.82) is 0 Å². The molecule has 146 valence electrons. The first kappa shape index (κ1) is 21.7. The van der Waals surface area contributed by atoms with Crippen molar-refractivity contribution in [1.82, 2.24) is 5.32 Å². The summed E-state index contributed by atoms with van der Waals surface area (Å²) >= 11 is 0. The van der Waals surface area contributed by atoms with Crippen LogP contribution < -0.4 is 10.1 Å². The minimum absolute atomic E-state index is 0.187. The number of rotatable bonds is 6. The summed E-state index contributed by atoms with van der Waals surface area (Å²) in [6.07, 6.45) is -8.80. The first-order chi connectivity index (χ1) is 11.8. The zero-order chi connectivity index (χ0) is 20.1. The molecule has 0 aliphatic carbocycles. The number of carbonyl (C=O) groups is 2. The van der Waals surface area contributed by atoms with E-state index in [-0.39, 0.29) is 17.4 Å². The highest BCUT2D eigenvalue weighted by Crippen LogP contribution is 2.28. The third-order valence-electron chi connectivity index (χ3n) is 2.88. The van der Waals surface area contributed by atoms with Crippen LogP contribution in [-0.4, -0.2) is 47.2 Å². The number of benzene rings is 1. The molecule has 0 aliphatic rings. The number of alkyl carbamates (subject to hydrolysis) is 1. The van der Waals surface area contributed by atoms with Crippen molar-refractivity contribution in [3.63, 3.8) is 0 Å². The van der Waals surface area contributed by atoms with Crippen molar-refractivity contribution in [2.75, 3.05) is 6.54 Å². The predicted octanol–water partition coefficient (Wildman–Crippen LogP) is 2.32. The maximum atomic E-state index is 12.3. The number of halogens is 3. The average molecular weight is 379 g/mol. The van der Waals surface area contributed by atoms with Crippen molar-refractivity contribution >= 4 is 12.4 Å². The first-order valence-corrected chi connectivity index (χ1v) is 7.49. The Kier molecular flexibility index (Phi) is 6.99. The van der Waals surface area contributed by atoms with Crippen LogP contribution in [0.3, 0.4) is 0 Å². The number of carbonyl (C=O) groups excluding carboxylic acids is 2. The van der Waals surface area contributed by atoms with Crippen LogP contribution in [-0.2, 0) is 4.74 Å². The number of ether oxygens (including phenoxy) is 2. The molecule has 26 heavy (non-hydrogen) atoms. The normalized spacial score (nSPS) is 14.3. The summed E-state index contributed by atoms with van der Waals surface area (Å²) in [5.74, 6) is -0.719. The molecule has 0 saturated heterocycles. The number of alkyl halides is 3. The van der Waals surface area contributed by atoms with Crippen LogP contribution in [0, 0.1) is 0 Å². The van der Waals surface area contributed by atoms with E-state index in [0.717, 1.165) is 18.2 Å². The van der Waals surface area contributed by atoms with Crippen LogP contribution in [0.5, 0.6) is 5.75 Å². The number of aliphatic hydroxyl groups excluding tert-OH is 2. The molecule has 10 heteroatoms.